The number of nitrogens with two attached hydrogens (primary N) is 1. The average molecular weight is 637 g/mol. The van der Waals surface area contributed by atoms with E-state index in [4.69, 9.17) is 15.8 Å². The fourth-order valence-electron chi connectivity index (χ4n) is 8.15. The molecule has 1 saturated carbocycles. The van der Waals surface area contributed by atoms with E-state index in [9.17, 15) is 4.79 Å². The van der Waals surface area contributed by atoms with Crippen LogP contribution in [0.25, 0.3) is 22.3 Å². The van der Waals surface area contributed by atoms with E-state index in [1.165, 1.54) is 64.2 Å². The van der Waals surface area contributed by atoms with Gasteiger partial charge in [0.05, 0.1) is 11.4 Å². The van der Waals surface area contributed by atoms with Crippen LogP contribution in [0, 0.1) is 24.7 Å². The molecule has 1 aliphatic carbocycles. The SMILES string of the molecule is CCCCCCCCC(CCC)CC1NCC2CC(n3nc(-c4ccc(C(=O)Nc5cc(C)ccn5)cc4)c4c(N)ncnc43)CC21. The molecule has 1 aliphatic heterocycles. The van der Waals surface area contributed by atoms with Crippen molar-refractivity contribution in [3.8, 4) is 11.3 Å². The number of hydrogen-bond donors (Lipinski definition) is 3. The van der Waals surface area contributed by atoms with Crippen molar-refractivity contribution in [2.75, 3.05) is 17.6 Å². The third-order valence-electron chi connectivity index (χ3n) is 10.6. The van der Waals surface area contributed by atoms with Crippen LogP contribution in [0.4, 0.5) is 11.6 Å². The number of anilines is 2. The van der Waals surface area contributed by atoms with Crippen LogP contribution in [0.3, 0.4) is 0 Å². The van der Waals surface area contributed by atoms with Crippen LogP contribution in [0.15, 0.2) is 48.9 Å². The van der Waals surface area contributed by atoms with E-state index in [1.54, 1.807) is 12.5 Å². The molecule has 6 rings (SSSR count). The quantitative estimate of drug-likeness (QED) is 0.113. The van der Waals surface area contributed by atoms with Gasteiger partial charge in [0.1, 0.15) is 23.7 Å². The summed E-state index contributed by atoms with van der Waals surface area (Å²) in [5, 5.41) is 12.8. The maximum Gasteiger partial charge on any atom is 0.256 e. The van der Waals surface area contributed by atoms with Gasteiger partial charge in [0.15, 0.2) is 5.65 Å². The number of carbonyl (C=O) groups excluding carboxylic acids is 1. The zero-order valence-corrected chi connectivity index (χ0v) is 28.4. The molecule has 0 radical (unpaired) electrons. The Bertz CT molecular complexity index is 1630. The van der Waals surface area contributed by atoms with Gasteiger partial charge in [0.2, 0.25) is 0 Å². The molecule has 250 valence electrons. The highest BCUT2D eigenvalue weighted by Gasteiger charge is 2.45. The number of unbranched alkanes of at least 4 members (excludes halogenated alkanes) is 5. The number of pyridine rings is 1. The first-order valence-corrected chi connectivity index (χ1v) is 18.0. The Labute approximate surface area is 279 Å². The molecule has 47 heavy (non-hydrogen) atoms. The van der Waals surface area contributed by atoms with Gasteiger partial charge in [-0.2, -0.15) is 5.10 Å². The largest absolute Gasteiger partial charge is 0.383 e. The number of rotatable bonds is 15. The van der Waals surface area contributed by atoms with Crippen LogP contribution in [0.2, 0.25) is 0 Å². The molecule has 2 fully saturated rings. The molecular weight excluding hydrogens is 584 g/mol. The maximum absolute atomic E-state index is 12.9. The molecule has 4 aromatic rings. The lowest BCUT2D eigenvalue weighted by Crippen LogP contribution is -2.30. The number of nitrogen functional groups attached to an aromatic ring is 1. The van der Waals surface area contributed by atoms with E-state index in [0.717, 1.165) is 53.2 Å². The topological polar surface area (TPSA) is 124 Å². The lowest BCUT2D eigenvalue weighted by atomic mass is 9.84. The average Bonchev–Trinajstić information content (AvgIpc) is 3.77. The summed E-state index contributed by atoms with van der Waals surface area (Å²) >= 11 is 0. The Morgan fingerprint density at radius 2 is 1.81 bits per heavy atom. The number of hydrogen-bond acceptors (Lipinski definition) is 7. The molecule has 5 atom stereocenters. The Balaban J connectivity index is 1.15. The number of fused-ring (bicyclic) bond motifs is 2. The van der Waals surface area contributed by atoms with Gasteiger partial charge in [-0.15, -0.1) is 0 Å². The predicted octanol–water partition coefficient (Wildman–Crippen LogP) is 8.13. The van der Waals surface area contributed by atoms with Crippen LogP contribution in [-0.2, 0) is 0 Å². The van der Waals surface area contributed by atoms with Crippen molar-refractivity contribution in [1.82, 2.24) is 30.0 Å². The standard InChI is InChI=1S/C38H52N8O/c1-4-6-7-8-9-10-12-26(11-5-2)20-32-31-22-30(21-29(31)23-41-32)46-37-34(36(39)42-24-43-37)35(45-46)27-13-15-28(16-14-27)38(47)44-33-19-25(3)17-18-40-33/h13-19,24,26,29-32,41H,4-12,20-23H2,1-3H3,(H2,39,42,43)(H,40,44,47). The minimum atomic E-state index is -0.207. The first-order valence-electron chi connectivity index (χ1n) is 18.0. The summed E-state index contributed by atoms with van der Waals surface area (Å²) in [6, 6.07) is 12.1. The summed E-state index contributed by atoms with van der Waals surface area (Å²) in [6.07, 6.45) is 18.9. The second-order valence-electron chi connectivity index (χ2n) is 14.0. The molecule has 1 amide bonds. The Morgan fingerprint density at radius 1 is 1.00 bits per heavy atom. The van der Waals surface area contributed by atoms with E-state index in [-0.39, 0.29) is 11.9 Å². The van der Waals surface area contributed by atoms with Gasteiger partial charge >= 0.3 is 0 Å². The molecule has 1 aromatic carbocycles. The number of aromatic nitrogens is 5. The summed E-state index contributed by atoms with van der Waals surface area (Å²) in [6.45, 7) is 7.69. The second kappa shape index (κ2) is 15.4. The molecule has 2 aliphatic rings. The van der Waals surface area contributed by atoms with Gasteiger partial charge in [-0.1, -0.05) is 83.8 Å². The van der Waals surface area contributed by atoms with Crippen molar-refractivity contribution in [2.45, 2.75) is 110 Å². The smallest absolute Gasteiger partial charge is 0.256 e. The van der Waals surface area contributed by atoms with Gasteiger partial charge in [-0.3, -0.25) is 4.79 Å². The van der Waals surface area contributed by atoms with Crippen LogP contribution in [0.5, 0.6) is 0 Å². The molecule has 5 unspecified atom stereocenters. The van der Waals surface area contributed by atoms with Crippen molar-refractivity contribution in [3.05, 3.63) is 60.0 Å². The van der Waals surface area contributed by atoms with Crippen LogP contribution >= 0.6 is 0 Å². The molecule has 9 heteroatoms. The van der Waals surface area contributed by atoms with E-state index >= 15 is 0 Å². The van der Waals surface area contributed by atoms with Gasteiger partial charge in [0, 0.05) is 23.4 Å². The zero-order chi connectivity index (χ0) is 32.8. The zero-order valence-electron chi connectivity index (χ0n) is 28.4. The van der Waals surface area contributed by atoms with E-state index < -0.39 is 0 Å². The third kappa shape index (κ3) is 7.67. The fourth-order valence-corrected chi connectivity index (χ4v) is 8.15. The maximum atomic E-state index is 12.9. The van der Waals surface area contributed by atoms with Crippen LogP contribution in [-0.4, -0.2) is 43.2 Å². The molecule has 1 saturated heterocycles. The summed E-state index contributed by atoms with van der Waals surface area (Å²) < 4.78 is 2.13. The fraction of sp³-hybridized carbons (Fsp3) is 0.553. The van der Waals surface area contributed by atoms with Crippen molar-refractivity contribution >= 4 is 28.6 Å². The van der Waals surface area contributed by atoms with Crippen molar-refractivity contribution in [1.29, 1.82) is 0 Å². The monoisotopic (exact) mass is 636 g/mol. The normalized spacial score (nSPS) is 21.3. The molecule has 0 spiro atoms. The van der Waals surface area contributed by atoms with Crippen molar-refractivity contribution < 1.29 is 4.79 Å². The molecule has 9 nitrogen and oxygen atoms in total. The number of carbonyl (C=O) groups is 1. The van der Waals surface area contributed by atoms with Crippen molar-refractivity contribution in [3.63, 3.8) is 0 Å². The number of benzene rings is 1. The summed E-state index contributed by atoms with van der Waals surface area (Å²) in [5.41, 5.74) is 10.5. The van der Waals surface area contributed by atoms with E-state index in [1.807, 2.05) is 43.3 Å². The van der Waals surface area contributed by atoms with Gasteiger partial charge in [-0.05, 0) is 80.3 Å². The highest BCUT2D eigenvalue weighted by atomic mass is 16.1. The predicted molar refractivity (Wildman–Crippen MR) is 190 cm³/mol. The molecule has 0 bridgehead atoms. The van der Waals surface area contributed by atoms with Gasteiger partial charge in [0.25, 0.3) is 5.91 Å². The molecule has 3 aromatic heterocycles. The van der Waals surface area contributed by atoms with E-state index in [2.05, 4.69) is 39.1 Å². The Kier molecular flexibility index (Phi) is 10.8. The highest BCUT2D eigenvalue weighted by molar-refractivity contribution is 6.04. The second-order valence-corrected chi connectivity index (χ2v) is 14.0. The minimum Gasteiger partial charge on any atom is -0.383 e. The summed E-state index contributed by atoms with van der Waals surface area (Å²) in [4.78, 5) is 26.2. The van der Waals surface area contributed by atoms with Gasteiger partial charge < -0.3 is 16.4 Å². The third-order valence-corrected chi connectivity index (χ3v) is 10.6. The minimum absolute atomic E-state index is 0.207. The van der Waals surface area contributed by atoms with Crippen LogP contribution < -0.4 is 16.4 Å². The molecular formula is C38H52N8O. The first-order chi connectivity index (χ1) is 22.9. The van der Waals surface area contributed by atoms with E-state index in [0.29, 0.717) is 35.1 Å². The number of nitrogens with one attached hydrogen (secondary N) is 2. The number of amides is 1. The lowest BCUT2D eigenvalue weighted by molar-refractivity contribution is 0.102. The first kappa shape index (κ1) is 33.1. The summed E-state index contributed by atoms with van der Waals surface area (Å²) in [5.74, 6) is 2.88. The number of aryl methyl sites for hydroxylation is 1. The van der Waals surface area contributed by atoms with Gasteiger partial charge in [-0.25, -0.2) is 19.6 Å². The van der Waals surface area contributed by atoms with Crippen molar-refractivity contribution in [2.24, 2.45) is 17.8 Å². The Hall–Kier alpha value is -3.85. The highest BCUT2D eigenvalue weighted by Crippen LogP contribution is 2.47. The number of nitrogens with zero attached hydrogens (tertiary/aromatic N) is 5. The lowest BCUT2D eigenvalue weighted by Gasteiger charge is -2.25. The Morgan fingerprint density at radius 3 is 2.60 bits per heavy atom. The molecule has 4 N–H and O–H groups in total. The molecule has 4 heterocycles. The summed E-state index contributed by atoms with van der Waals surface area (Å²) in [7, 11) is 0. The van der Waals surface area contributed by atoms with Crippen LogP contribution in [0.1, 0.15) is 113 Å².